The summed E-state index contributed by atoms with van der Waals surface area (Å²) in [6.45, 7) is 9.35. The van der Waals surface area contributed by atoms with E-state index in [9.17, 15) is 0 Å². The Morgan fingerprint density at radius 2 is 2.00 bits per heavy atom. The van der Waals surface area contributed by atoms with E-state index in [4.69, 9.17) is 10.5 Å². The number of methoxy groups -OCH3 is 1. The van der Waals surface area contributed by atoms with E-state index in [0.29, 0.717) is 12.5 Å². The van der Waals surface area contributed by atoms with Crippen molar-refractivity contribution in [1.82, 2.24) is 0 Å². The number of benzene rings is 1. The monoisotopic (exact) mass is 253 g/mol. The second-order valence-electron chi connectivity index (χ2n) is 5.13. The summed E-state index contributed by atoms with van der Waals surface area (Å²) in [4.78, 5) is 1.18. The highest BCUT2D eigenvalue weighted by molar-refractivity contribution is 8.00. The van der Waals surface area contributed by atoms with Gasteiger partial charge in [0.2, 0.25) is 0 Å². The molecule has 0 spiro atoms. The van der Waals surface area contributed by atoms with Crippen LogP contribution in [0.25, 0.3) is 0 Å². The Balaban J connectivity index is 3.06. The average molecular weight is 253 g/mol. The molecule has 0 aromatic heterocycles. The third-order valence-corrected chi connectivity index (χ3v) is 3.99. The molecule has 0 radical (unpaired) electrons. The van der Waals surface area contributed by atoms with Gasteiger partial charge in [0, 0.05) is 11.3 Å². The van der Waals surface area contributed by atoms with Gasteiger partial charge >= 0.3 is 0 Å². The SMILES string of the molecule is COc1ccc(C(C)C)cc1SC(C)(C)CN. The van der Waals surface area contributed by atoms with Gasteiger partial charge in [-0.25, -0.2) is 0 Å². The highest BCUT2D eigenvalue weighted by Crippen LogP contribution is 2.39. The van der Waals surface area contributed by atoms with E-state index in [0.717, 1.165) is 5.75 Å². The summed E-state index contributed by atoms with van der Waals surface area (Å²) in [5, 5.41) is 0. The van der Waals surface area contributed by atoms with Crippen LogP contribution in [0.4, 0.5) is 0 Å². The van der Waals surface area contributed by atoms with Gasteiger partial charge in [-0.3, -0.25) is 0 Å². The first kappa shape index (κ1) is 14.4. The Hall–Kier alpha value is -0.670. The van der Waals surface area contributed by atoms with Crippen LogP contribution in [0, 0.1) is 0 Å². The first-order valence-electron chi connectivity index (χ1n) is 5.96. The van der Waals surface area contributed by atoms with Gasteiger partial charge in [0.15, 0.2) is 0 Å². The zero-order valence-corrected chi connectivity index (χ0v) is 12.2. The lowest BCUT2D eigenvalue weighted by Crippen LogP contribution is -2.26. The molecule has 0 atom stereocenters. The van der Waals surface area contributed by atoms with Gasteiger partial charge < -0.3 is 10.5 Å². The molecule has 0 heterocycles. The standard InChI is InChI=1S/C14H23NOS/c1-10(2)11-6-7-12(16-5)13(8-11)17-14(3,4)9-15/h6-8,10H,9,15H2,1-5H3. The quantitative estimate of drug-likeness (QED) is 0.814. The smallest absolute Gasteiger partial charge is 0.132 e. The molecule has 0 amide bonds. The molecule has 0 aliphatic carbocycles. The van der Waals surface area contributed by atoms with E-state index in [1.165, 1.54) is 10.5 Å². The predicted octanol–water partition coefficient (Wildman–Crippen LogP) is 3.65. The number of rotatable bonds is 5. The Labute approximate surface area is 109 Å². The number of thioether (sulfide) groups is 1. The van der Waals surface area contributed by atoms with Crippen molar-refractivity contribution in [2.45, 2.75) is 43.3 Å². The third kappa shape index (κ3) is 3.93. The van der Waals surface area contributed by atoms with Gasteiger partial charge in [-0.2, -0.15) is 0 Å². The molecule has 0 bridgehead atoms. The second kappa shape index (κ2) is 5.78. The van der Waals surface area contributed by atoms with E-state index in [2.05, 4.69) is 39.8 Å². The van der Waals surface area contributed by atoms with Crippen LogP contribution in [0.2, 0.25) is 0 Å². The molecule has 2 nitrogen and oxygen atoms in total. The summed E-state index contributed by atoms with van der Waals surface area (Å²) < 4.78 is 5.44. The molecule has 0 unspecified atom stereocenters. The molecule has 0 aliphatic heterocycles. The summed E-state index contributed by atoms with van der Waals surface area (Å²) in [6.07, 6.45) is 0. The Morgan fingerprint density at radius 3 is 2.47 bits per heavy atom. The second-order valence-corrected chi connectivity index (χ2v) is 6.88. The van der Waals surface area contributed by atoms with E-state index < -0.39 is 0 Å². The van der Waals surface area contributed by atoms with Crippen molar-refractivity contribution in [1.29, 1.82) is 0 Å². The summed E-state index contributed by atoms with van der Waals surface area (Å²) >= 11 is 1.78. The fraction of sp³-hybridized carbons (Fsp3) is 0.571. The van der Waals surface area contributed by atoms with Crippen molar-refractivity contribution < 1.29 is 4.74 Å². The molecule has 17 heavy (non-hydrogen) atoms. The highest BCUT2D eigenvalue weighted by Gasteiger charge is 2.20. The van der Waals surface area contributed by atoms with Crippen LogP contribution < -0.4 is 10.5 Å². The molecule has 96 valence electrons. The van der Waals surface area contributed by atoms with Crippen molar-refractivity contribution >= 4 is 11.8 Å². The summed E-state index contributed by atoms with van der Waals surface area (Å²) in [5.41, 5.74) is 7.12. The van der Waals surface area contributed by atoms with Crippen molar-refractivity contribution in [3.8, 4) is 5.75 Å². The number of ether oxygens (including phenoxy) is 1. The van der Waals surface area contributed by atoms with Crippen LogP contribution in [0.5, 0.6) is 5.75 Å². The Bertz CT molecular complexity index is 374. The van der Waals surface area contributed by atoms with Gasteiger partial charge in [-0.15, -0.1) is 11.8 Å². The van der Waals surface area contributed by atoms with Crippen LogP contribution in [0.15, 0.2) is 23.1 Å². The summed E-state index contributed by atoms with van der Waals surface area (Å²) in [7, 11) is 1.71. The topological polar surface area (TPSA) is 35.2 Å². The maximum Gasteiger partial charge on any atom is 0.132 e. The van der Waals surface area contributed by atoms with Crippen molar-refractivity contribution in [3.05, 3.63) is 23.8 Å². The molecule has 1 aromatic carbocycles. The normalized spacial score (nSPS) is 11.9. The van der Waals surface area contributed by atoms with Gasteiger partial charge in [-0.05, 0) is 37.5 Å². The lowest BCUT2D eigenvalue weighted by atomic mass is 10.0. The fourth-order valence-corrected chi connectivity index (χ4v) is 2.60. The molecule has 0 fully saturated rings. The number of hydrogen-bond acceptors (Lipinski definition) is 3. The maximum absolute atomic E-state index is 5.78. The molecular weight excluding hydrogens is 230 g/mol. The van der Waals surface area contributed by atoms with E-state index >= 15 is 0 Å². The van der Waals surface area contributed by atoms with Crippen LogP contribution in [-0.2, 0) is 0 Å². The molecule has 1 aromatic rings. The molecule has 0 saturated carbocycles. The molecule has 1 rings (SSSR count). The van der Waals surface area contributed by atoms with E-state index in [-0.39, 0.29) is 4.75 Å². The van der Waals surface area contributed by atoms with Crippen LogP contribution in [0.3, 0.4) is 0 Å². The minimum Gasteiger partial charge on any atom is -0.496 e. The lowest BCUT2D eigenvalue weighted by Gasteiger charge is -2.23. The van der Waals surface area contributed by atoms with Gasteiger partial charge in [0.1, 0.15) is 5.75 Å². The molecular formula is C14H23NOS. The first-order valence-corrected chi connectivity index (χ1v) is 6.78. The van der Waals surface area contributed by atoms with E-state index in [1.54, 1.807) is 18.9 Å². The largest absolute Gasteiger partial charge is 0.496 e. The lowest BCUT2D eigenvalue weighted by molar-refractivity contribution is 0.404. The summed E-state index contributed by atoms with van der Waals surface area (Å²) in [5.74, 6) is 1.46. The average Bonchev–Trinajstić information content (AvgIpc) is 2.28. The third-order valence-electron chi connectivity index (χ3n) is 2.73. The first-order chi connectivity index (χ1) is 7.89. The maximum atomic E-state index is 5.78. The zero-order chi connectivity index (χ0) is 13.1. The minimum atomic E-state index is 0.0306. The number of nitrogens with two attached hydrogens (primary N) is 1. The Morgan fingerprint density at radius 1 is 1.35 bits per heavy atom. The van der Waals surface area contributed by atoms with Crippen LogP contribution in [-0.4, -0.2) is 18.4 Å². The fourth-order valence-electron chi connectivity index (χ4n) is 1.47. The van der Waals surface area contributed by atoms with Crippen molar-refractivity contribution in [2.75, 3.05) is 13.7 Å². The minimum absolute atomic E-state index is 0.0306. The molecule has 3 heteroatoms. The van der Waals surface area contributed by atoms with E-state index in [1.807, 2.05) is 6.07 Å². The number of hydrogen-bond donors (Lipinski definition) is 1. The van der Waals surface area contributed by atoms with Crippen LogP contribution >= 0.6 is 11.8 Å². The van der Waals surface area contributed by atoms with Crippen LogP contribution in [0.1, 0.15) is 39.2 Å². The molecule has 0 aliphatic rings. The molecule has 2 N–H and O–H groups in total. The van der Waals surface area contributed by atoms with Crippen molar-refractivity contribution in [3.63, 3.8) is 0 Å². The van der Waals surface area contributed by atoms with Gasteiger partial charge in [-0.1, -0.05) is 19.9 Å². The highest BCUT2D eigenvalue weighted by atomic mass is 32.2. The predicted molar refractivity (Wildman–Crippen MR) is 76.1 cm³/mol. The van der Waals surface area contributed by atoms with Gasteiger partial charge in [0.05, 0.1) is 12.0 Å². The summed E-state index contributed by atoms with van der Waals surface area (Å²) in [6, 6.07) is 6.39. The van der Waals surface area contributed by atoms with Crippen molar-refractivity contribution in [2.24, 2.45) is 5.73 Å². The zero-order valence-electron chi connectivity index (χ0n) is 11.4. The van der Waals surface area contributed by atoms with Gasteiger partial charge in [0.25, 0.3) is 0 Å². The Kier molecular flexibility index (Phi) is 4.90. The molecule has 0 saturated heterocycles.